The molecule has 5 heteroatoms. The van der Waals surface area contributed by atoms with Crippen molar-refractivity contribution in [1.29, 1.82) is 0 Å². The molecule has 23 heavy (non-hydrogen) atoms. The van der Waals surface area contributed by atoms with Crippen LogP contribution in [-0.4, -0.2) is 22.5 Å². The minimum absolute atomic E-state index is 0.0395. The zero-order chi connectivity index (χ0) is 15.8. The Kier molecular flexibility index (Phi) is 3.12. The van der Waals surface area contributed by atoms with Crippen molar-refractivity contribution in [3.8, 4) is 5.69 Å². The Morgan fingerprint density at radius 3 is 2.61 bits per heavy atom. The van der Waals surface area contributed by atoms with Gasteiger partial charge in [0.2, 0.25) is 0 Å². The predicted molar refractivity (Wildman–Crippen MR) is 88.6 cm³/mol. The number of amides is 1. The number of nitrogens with zero attached hydrogens (tertiary/aromatic N) is 3. The predicted octanol–water partition coefficient (Wildman–Crippen LogP) is 2.75. The first-order valence-corrected chi connectivity index (χ1v) is 7.45. The number of fused-ring (bicyclic) bond motifs is 1. The lowest BCUT2D eigenvalue weighted by molar-refractivity contribution is 0.0928. The van der Waals surface area contributed by atoms with E-state index in [-0.39, 0.29) is 12.1 Å². The highest BCUT2D eigenvalue weighted by Gasteiger charge is 2.28. The topological polar surface area (TPSA) is 50.2 Å². The first-order valence-electron chi connectivity index (χ1n) is 7.45. The summed E-state index contributed by atoms with van der Waals surface area (Å²) in [6.45, 7) is 0. The van der Waals surface area contributed by atoms with E-state index < -0.39 is 0 Å². The Bertz CT molecular complexity index is 840. The van der Waals surface area contributed by atoms with Gasteiger partial charge in [-0.2, -0.15) is 0 Å². The molecule has 0 spiro atoms. The van der Waals surface area contributed by atoms with E-state index in [0.29, 0.717) is 5.56 Å². The highest BCUT2D eigenvalue weighted by atomic mass is 16.2. The number of benzene rings is 2. The summed E-state index contributed by atoms with van der Waals surface area (Å²) in [6, 6.07) is 15.8. The summed E-state index contributed by atoms with van der Waals surface area (Å²) < 4.78 is 1.95. The molecule has 1 atom stereocenters. The summed E-state index contributed by atoms with van der Waals surface area (Å²) >= 11 is 0. The molecule has 0 aliphatic carbocycles. The largest absolute Gasteiger partial charge is 0.350 e. The molecule has 2 aromatic carbocycles. The number of anilines is 1. The van der Waals surface area contributed by atoms with E-state index >= 15 is 0 Å². The highest BCUT2D eigenvalue weighted by Crippen LogP contribution is 2.31. The van der Waals surface area contributed by atoms with Crippen LogP contribution in [0.3, 0.4) is 0 Å². The molecular formula is C18H16N4O. The number of hydrogen-bond acceptors (Lipinski definition) is 3. The molecule has 0 bridgehead atoms. The monoisotopic (exact) mass is 304 g/mol. The lowest BCUT2D eigenvalue weighted by atomic mass is 10.0. The van der Waals surface area contributed by atoms with Gasteiger partial charge in [-0.3, -0.25) is 4.79 Å². The van der Waals surface area contributed by atoms with E-state index in [9.17, 15) is 4.79 Å². The smallest absolute Gasteiger partial charge is 0.255 e. The van der Waals surface area contributed by atoms with Crippen molar-refractivity contribution in [1.82, 2.24) is 14.9 Å². The van der Waals surface area contributed by atoms with Gasteiger partial charge in [-0.15, -0.1) is 0 Å². The molecule has 4 rings (SSSR count). The van der Waals surface area contributed by atoms with Gasteiger partial charge in [0.1, 0.15) is 6.17 Å². The number of rotatable bonds is 2. The lowest BCUT2D eigenvalue weighted by Crippen LogP contribution is -2.44. The molecule has 3 aromatic rings. The standard InChI is InChI=1S/C18H16N4O/c1-21-16-5-3-2-4-15(16)18(23)20-17(21)13-6-8-14(9-7-13)22-11-10-19-12-22/h2-12,17H,1H3,(H,20,23)/t17-/m1/s1. The first kappa shape index (κ1) is 13.6. The van der Waals surface area contributed by atoms with E-state index in [1.54, 1.807) is 12.5 Å². The Labute approximate surface area is 134 Å². The fourth-order valence-electron chi connectivity index (χ4n) is 2.96. The number of hydrogen-bond donors (Lipinski definition) is 1. The van der Waals surface area contributed by atoms with E-state index in [1.165, 1.54) is 0 Å². The number of aromatic nitrogens is 2. The van der Waals surface area contributed by atoms with Gasteiger partial charge < -0.3 is 14.8 Å². The number of nitrogens with one attached hydrogen (secondary N) is 1. The van der Waals surface area contributed by atoms with Crippen LogP contribution < -0.4 is 10.2 Å². The molecule has 1 aliphatic rings. The molecule has 2 heterocycles. The van der Waals surface area contributed by atoms with Gasteiger partial charge in [0.05, 0.1) is 17.6 Å². The number of imidazole rings is 1. The van der Waals surface area contributed by atoms with Gasteiger partial charge in [0.15, 0.2) is 0 Å². The van der Waals surface area contributed by atoms with Crippen LogP contribution in [0.4, 0.5) is 5.69 Å². The van der Waals surface area contributed by atoms with Crippen molar-refractivity contribution >= 4 is 11.6 Å². The Balaban J connectivity index is 1.67. The van der Waals surface area contributed by atoms with E-state index in [1.807, 2.05) is 66.3 Å². The zero-order valence-corrected chi connectivity index (χ0v) is 12.7. The Morgan fingerprint density at radius 2 is 1.87 bits per heavy atom. The van der Waals surface area contributed by atoms with Crippen molar-refractivity contribution < 1.29 is 4.79 Å². The number of carbonyl (C=O) groups is 1. The van der Waals surface area contributed by atoms with Crippen molar-refractivity contribution in [3.63, 3.8) is 0 Å². The van der Waals surface area contributed by atoms with Gasteiger partial charge in [0, 0.05) is 25.1 Å². The molecule has 0 saturated heterocycles. The fraction of sp³-hybridized carbons (Fsp3) is 0.111. The van der Waals surface area contributed by atoms with Crippen LogP contribution in [0, 0.1) is 0 Å². The lowest BCUT2D eigenvalue weighted by Gasteiger charge is -2.36. The minimum atomic E-state index is -0.172. The number of carbonyl (C=O) groups excluding carboxylic acids is 1. The van der Waals surface area contributed by atoms with Crippen LogP contribution >= 0.6 is 0 Å². The second-order valence-corrected chi connectivity index (χ2v) is 5.57. The summed E-state index contributed by atoms with van der Waals surface area (Å²) in [5, 5.41) is 3.06. The van der Waals surface area contributed by atoms with E-state index in [2.05, 4.69) is 15.2 Å². The molecule has 1 aromatic heterocycles. The molecule has 1 amide bonds. The summed E-state index contributed by atoms with van der Waals surface area (Å²) in [7, 11) is 1.99. The average Bonchev–Trinajstić information content (AvgIpc) is 3.13. The van der Waals surface area contributed by atoms with Crippen LogP contribution in [0.5, 0.6) is 0 Å². The maximum absolute atomic E-state index is 12.3. The summed E-state index contributed by atoms with van der Waals surface area (Å²) in [5.41, 5.74) is 3.73. The summed E-state index contributed by atoms with van der Waals surface area (Å²) in [5.74, 6) is -0.0395. The molecular weight excluding hydrogens is 288 g/mol. The van der Waals surface area contributed by atoms with Crippen molar-refractivity contribution in [2.24, 2.45) is 0 Å². The molecule has 0 radical (unpaired) electrons. The molecule has 1 aliphatic heterocycles. The molecule has 0 unspecified atom stereocenters. The third kappa shape index (κ3) is 2.26. The highest BCUT2D eigenvalue weighted by molar-refractivity contribution is 6.01. The van der Waals surface area contributed by atoms with Gasteiger partial charge in [-0.1, -0.05) is 24.3 Å². The van der Waals surface area contributed by atoms with E-state index in [4.69, 9.17) is 0 Å². The first-order chi connectivity index (χ1) is 11.2. The van der Waals surface area contributed by atoms with Crippen molar-refractivity contribution in [2.45, 2.75) is 6.17 Å². The van der Waals surface area contributed by atoms with Gasteiger partial charge in [0.25, 0.3) is 5.91 Å². The average molecular weight is 304 g/mol. The van der Waals surface area contributed by atoms with Gasteiger partial charge in [-0.25, -0.2) is 4.98 Å². The van der Waals surface area contributed by atoms with Crippen LogP contribution in [0.25, 0.3) is 5.69 Å². The Hall–Kier alpha value is -3.08. The molecule has 0 saturated carbocycles. The van der Waals surface area contributed by atoms with Crippen LogP contribution in [-0.2, 0) is 0 Å². The molecule has 1 N–H and O–H groups in total. The third-order valence-corrected chi connectivity index (χ3v) is 4.20. The summed E-state index contributed by atoms with van der Waals surface area (Å²) in [4.78, 5) is 18.5. The van der Waals surface area contributed by atoms with Crippen LogP contribution in [0.1, 0.15) is 22.1 Å². The zero-order valence-electron chi connectivity index (χ0n) is 12.7. The van der Waals surface area contributed by atoms with Crippen LogP contribution in [0.2, 0.25) is 0 Å². The maximum atomic E-state index is 12.3. The minimum Gasteiger partial charge on any atom is -0.350 e. The SMILES string of the molecule is CN1c2ccccc2C(=O)N[C@H]1c1ccc(-n2ccnc2)cc1. The van der Waals surface area contributed by atoms with Gasteiger partial charge >= 0.3 is 0 Å². The van der Waals surface area contributed by atoms with Crippen LogP contribution in [0.15, 0.2) is 67.3 Å². The Morgan fingerprint density at radius 1 is 1.09 bits per heavy atom. The third-order valence-electron chi connectivity index (χ3n) is 4.20. The van der Waals surface area contributed by atoms with Crippen molar-refractivity contribution in [2.75, 3.05) is 11.9 Å². The molecule has 5 nitrogen and oxygen atoms in total. The molecule has 114 valence electrons. The second kappa shape index (κ2) is 5.28. The van der Waals surface area contributed by atoms with Gasteiger partial charge in [-0.05, 0) is 29.8 Å². The fourth-order valence-corrected chi connectivity index (χ4v) is 2.96. The normalized spacial score (nSPS) is 16.8. The van der Waals surface area contributed by atoms with Crippen molar-refractivity contribution in [3.05, 3.63) is 78.4 Å². The van der Waals surface area contributed by atoms with E-state index in [0.717, 1.165) is 16.9 Å². The quantitative estimate of drug-likeness (QED) is 0.792. The number of para-hydroxylation sites is 1. The second-order valence-electron chi connectivity index (χ2n) is 5.57. The maximum Gasteiger partial charge on any atom is 0.255 e. The molecule has 0 fully saturated rings. The summed E-state index contributed by atoms with van der Waals surface area (Å²) in [6.07, 6.45) is 5.24.